The van der Waals surface area contributed by atoms with Crippen LogP contribution in [0.4, 0.5) is 0 Å². The van der Waals surface area contributed by atoms with Crippen molar-refractivity contribution < 1.29 is 14.7 Å². The van der Waals surface area contributed by atoms with Crippen molar-refractivity contribution in [1.82, 2.24) is 10.3 Å². The second-order valence-corrected chi connectivity index (χ2v) is 4.94. The topological polar surface area (TPSA) is 79.3 Å². The summed E-state index contributed by atoms with van der Waals surface area (Å²) in [5.41, 5.74) is 0.403. The van der Waals surface area contributed by atoms with Gasteiger partial charge in [-0.1, -0.05) is 6.07 Å². The van der Waals surface area contributed by atoms with Crippen LogP contribution >= 0.6 is 15.9 Å². The number of halogens is 1. The van der Waals surface area contributed by atoms with E-state index in [2.05, 4.69) is 26.2 Å². The van der Waals surface area contributed by atoms with Crippen LogP contribution < -0.4 is 5.32 Å². The molecule has 2 rings (SSSR count). The highest BCUT2D eigenvalue weighted by Gasteiger charge is 2.15. The Labute approximate surface area is 117 Å². The highest BCUT2D eigenvalue weighted by Crippen LogP contribution is 2.23. The summed E-state index contributed by atoms with van der Waals surface area (Å²) >= 11 is 3.38. The molecule has 0 bridgehead atoms. The molecule has 1 amide bonds. The second-order valence-electron chi connectivity index (χ2n) is 4.09. The van der Waals surface area contributed by atoms with Crippen molar-refractivity contribution >= 4 is 38.6 Å². The van der Waals surface area contributed by atoms with E-state index in [9.17, 15) is 9.59 Å². The summed E-state index contributed by atoms with van der Waals surface area (Å²) in [6, 6.07) is 4.19. The van der Waals surface area contributed by atoms with E-state index >= 15 is 0 Å². The second kappa shape index (κ2) is 5.36. The molecule has 0 saturated heterocycles. The Morgan fingerprint density at radius 2 is 2.11 bits per heavy atom. The fraction of sp³-hybridized carbons (Fsp3) is 0.154. The number of carbonyl (C=O) groups excluding carboxylic acids is 1. The van der Waals surface area contributed by atoms with Gasteiger partial charge in [0.2, 0.25) is 0 Å². The van der Waals surface area contributed by atoms with E-state index < -0.39 is 17.9 Å². The molecule has 2 N–H and O–H groups in total. The average Bonchev–Trinajstić information content (AvgIpc) is 2.38. The van der Waals surface area contributed by atoms with Crippen molar-refractivity contribution in [3.63, 3.8) is 0 Å². The molecule has 1 aromatic carbocycles. The van der Waals surface area contributed by atoms with Crippen LogP contribution in [0.15, 0.2) is 35.1 Å². The van der Waals surface area contributed by atoms with Gasteiger partial charge in [0, 0.05) is 27.8 Å². The van der Waals surface area contributed by atoms with E-state index in [0.29, 0.717) is 5.56 Å². The summed E-state index contributed by atoms with van der Waals surface area (Å²) in [5, 5.41) is 12.9. The number of nitrogens with zero attached hydrogens (tertiary/aromatic N) is 1. The largest absolute Gasteiger partial charge is 0.480 e. The Kier molecular flexibility index (Phi) is 3.80. The number of carboxylic acid groups (broad SMARTS) is 1. The fourth-order valence-corrected chi connectivity index (χ4v) is 2.10. The molecule has 0 unspecified atom stereocenters. The Morgan fingerprint density at radius 1 is 1.37 bits per heavy atom. The average molecular weight is 323 g/mol. The van der Waals surface area contributed by atoms with Crippen molar-refractivity contribution in [2.45, 2.75) is 13.0 Å². The van der Waals surface area contributed by atoms with Gasteiger partial charge in [-0.25, -0.2) is 0 Å². The molecule has 0 aliphatic rings. The summed E-state index contributed by atoms with van der Waals surface area (Å²) < 4.78 is 0.843. The molecule has 0 spiro atoms. The van der Waals surface area contributed by atoms with Gasteiger partial charge in [0.05, 0.1) is 0 Å². The molecule has 0 aliphatic carbocycles. The van der Waals surface area contributed by atoms with Crippen LogP contribution in [0, 0.1) is 0 Å². The monoisotopic (exact) mass is 322 g/mol. The minimum atomic E-state index is -1.07. The maximum atomic E-state index is 11.9. The molecule has 1 aromatic heterocycles. The predicted octanol–water partition coefficient (Wildman–Crippen LogP) is 2.20. The molecule has 19 heavy (non-hydrogen) atoms. The number of aliphatic carboxylic acids is 1. The molecule has 2 aromatic rings. The lowest BCUT2D eigenvalue weighted by molar-refractivity contribution is -0.138. The third-order valence-corrected chi connectivity index (χ3v) is 3.32. The number of rotatable bonds is 3. The van der Waals surface area contributed by atoms with Crippen molar-refractivity contribution in [2.75, 3.05) is 0 Å². The molecule has 5 nitrogen and oxygen atoms in total. The van der Waals surface area contributed by atoms with Crippen LogP contribution in [-0.2, 0) is 4.79 Å². The van der Waals surface area contributed by atoms with E-state index in [1.165, 1.54) is 6.92 Å². The third kappa shape index (κ3) is 2.90. The number of aromatic nitrogens is 1. The molecule has 0 aliphatic heterocycles. The van der Waals surface area contributed by atoms with Crippen LogP contribution in [0.25, 0.3) is 10.8 Å². The minimum Gasteiger partial charge on any atom is -0.480 e. The summed E-state index contributed by atoms with van der Waals surface area (Å²) in [5.74, 6) is -1.49. The normalized spacial score (nSPS) is 12.1. The van der Waals surface area contributed by atoms with Gasteiger partial charge in [-0.3, -0.25) is 14.6 Å². The lowest BCUT2D eigenvalue weighted by atomic mass is 10.1. The first-order valence-corrected chi connectivity index (χ1v) is 6.35. The first-order valence-electron chi connectivity index (χ1n) is 5.56. The highest BCUT2D eigenvalue weighted by atomic mass is 79.9. The molecule has 1 atom stereocenters. The van der Waals surface area contributed by atoms with Gasteiger partial charge in [-0.15, -0.1) is 0 Å². The van der Waals surface area contributed by atoms with E-state index in [1.54, 1.807) is 30.6 Å². The van der Waals surface area contributed by atoms with Crippen molar-refractivity contribution in [2.24, 2.45) is 0 Å². The molecular weight excluding hydrogens is 312 g/mol. The number of carboxylic acids is 1. The summed E-state index contributed by atoms with van der Waals surface area (Å²) in [7, 11) is 0. The summed E-state index contributed by atoms with van der Waals surface area (Å²) in [6.45, 7) is 1.42. The van der Waals surface area contributed by atoms with Crippen LogP contribution in [0.5, 0.6) is 0 Å². The summed E-state index contributed by atoms with van der Waals surface area (Å²) in [4.78, 5) is 26.6. The van der Waals surface area contributed by atoms with E-state index in [1.807, 2.05) is 0 Å². The van der Waals surface area contributed by atoms with Gasteiger partial charge in [0.15, 0.2) is 0 Å². The van der Waals surface area contributed by atoms with Gasteiger partial charge < -0.3 is 10.4 Å². The zero-order valence-corrected chi connectivity index (χ0v) is 11.6. The quantitative estimate of drug-likeness (QED) is 0.907. The Balaban J connectivity index is 2.31. The van der Waals surface area contributed by atoms with E-state index in [0.717, 1.165) is 15.2 Å². The SMILES string of the molecule is C[C@@H](NC(=O)c1ccc2c(Br)cncc2c1)C(=O)O. The Bertz CT molecular complexity index is 657. The smallest absolute Gasteiger partial charge is 0.325 e. The molecule has 1 heterocycles. The van der Waals surface area contributed by atoms with Crippen LogP contribution in [0.2, 0.25) is 0 Å². The molecule has 6 heteroatoms. The maximum absolute atomic E-state index is 11.9. The standard InChI is InChI=1S/C13H11BrN2O3/c1-7(13(18)19)16-12(17)8-2-3-10-9(4-8)5-15-6-11(10)14/h2-7H,1H3,(H,16,17)(H,18,19)/t7-/m1/s1. The third-order valence-electron chi connectivity index (χ3n) is 2.69. The van der Waals surface area contributed by atoms with Crippen LogP contribution in [0.3, 0.4) is 0 Å². The zero-order chi connectivity index (χ0) is 14.0. The molecular formula is C13H11BrN2O3. The number of amides is 1. The van der Waals surface area contributed by atoms with Crippen LogP contribution in [0.1, 0.15) is 17.3 Å². The number of hydrogen-bond donors (Lipinski definition) is 2. The number of hydrogen-bond acceptors (Lipinski definition) is 3. The number of pyridine rings is 1. The lowest BCUT2D eigenvalue weighted by Gasteiger charge is -2.10. The molecule has 0 radical (unpaired) electrons. The van der Waals surface area contributed by atoms with Crippen molar-refractivity contribution in [3.05, 3.63) is 40.6 Å². The zero-order valence-electron chi connectivity index (χ0n) is 10.1. The highest BCUT2D eigenvalue weighted by molar-refractivity contribution is 9.10. The van der Waals surface area contributed by atoms with Gasteiger partial charge in [0.1, 0.15) is 6.04 Å². The van der Waals surface area contributed by atoms with Gasteiger partial charge in [0.25, 0.3) is 5.91 Å². The fourth-order valence-electron chi connectivity index (χ4n) is 1.62. The first kappa shape index (κ1) is 13.5. The lowest BCUT2D eigenvalue weighted by Crippen LogP contribution is -2.38. The van der Waals surface area contributed by atoms with Gasteiger partial charge >= 0.3 is 5.97 Å². The number of fused-ring (bicyclic) bond motifs is 1. The number of benzene rings is 1. The number of nitrogens with one attached hydrogen (secondary N) is 1. The maximum Gasteiger partial charge on any atom is 0.325 e. The molecule has 0 saturated carbocycles. The van der Waals surface area contributed by atoms with Crippen molar-refractivity contribution in [1.29, 1.82) is 0 Å². The predicted molar refractivity (Wildman–Crippen MR) is 74.0 cm³/mol. The Hall–Kier alpha value is -1.95. The van der Waals surface area contributed by atoms with Crippen LogP contribution in [-0.4, -0.2) is 28.0 Å². The van der Waals surface area contributed by atoms with Crippen molar-refractivity contribution in [3.8, 4) is 0 Å². The Morgan fingerprint density at radius 3 is 2.79 bits per heavy atom. The number of carbonyl (C=O) groups is 2. The summed E-state index contributed by atoms with van der Waals surface area (Å²) in [6.07, 6.45) is 3.33. The van der Waals surface area contributed by atoms with Gasteiger partial charge in [-0.05, 0) is 40.4 Å². The molecule has 98 valence electrons. The van der Waals surface area contributed by atoms with E-state index in [-0.39, 0.29) is 0 Å². The van der Waals surface area contributed by atoms with Gasteiger partial charge in [-0.2, -0.15) is 0 Å². The van der Waals surface area contributed by atoms with E-state index in [4.69, 9.17) is 5.11 Å². The first-order chi connectivity index (χ1) is 8.99. The molecule has 0 fully saturated rings. The minimum absolute atomic E-state index is 0.403.